The van der Waals surface area contributed by atoms with Gasteiger partial charge in [0, 0.05) is 12.1 Å². The van der Waals surface area contributed by atoms with Gasteiger partial charge in [-0.15, -0.1) is 0 Å². The van der Waals surface area contributed by atoms with E-state index in [-0.39, 0.29) is 30.2 Å². The molecule has 0 heterocycles. The molecule has 3 atom stereocenters. The molecule has 0 aromatic rings. The lowest BCUT2D eigenvalue weighted by atomic mass is 9.60. The number of alkyl halides is 9. The largest absolute Gasteiger partial charge is 0.351 e. The predicted octanol–water partition coefficient (Wildman–Crippen LogP) is 6.31. The number of halogens is 9. The summed E-state index contributed by atoms with van der Waals surface area (Å²) < 4.78 is -3.33. The lowest BCUT2D eigenvalue weighted by Crippen LogP contribution is -2.69. The zero-order chi connectivity index (χ0) is 23.9. The van der Waals surface area contributed by atoms with Crippen LogP contribution in [0, 0.1) is 5.92 Å². The van der Waals surface area contributed by atoms with E-state index < -0.39 is 17.5 Å². The average molecular weight is 1020 g/mol. The van der Waals surface area contributed by atoms with Gasteiger partial charge in [-0.2, -0.15) is 0 Å². The lowest BCUT2D eigenvalue weighted by Gasteiger charge is -2.54. The maximum atomic E-state index is 12.9. The fourth-order valence-electron chi connectivity index (χ4n) is 4.50. The van der Waals surface area contributed by atoms with Gasteiger partial charge in [0.05, 0.1) is 5.54 Å². The molecule has 3 amide bonds. The smallest absolute Gasteiger partial charge is 0.259 e. The van der Waals surface area contributed by atoms with Crippen LogP contribution in [-0.2, 0) is 14.4 Å². The third kappa shape index (κ3) is 8.66. The first-order chi connectivity index (χ1) is 13.9. The van der Waals surface area contributed by atoms with E-state index in [1.54, 1.807) is 0 Å². The van der Waals surface area contributed by atoms with E-state index in [1.165, 1.54) is 0 Å². The van der Waals surface area contributed by atoms with Gasteiger partial charge in [-0.25, -0.2) is 0 Å². The van der Waals surface area contributed by atoms with E-state index in [0.29, 0.717) is 12.8 Å². The predicted molar refractivity (Wildman–Crippen MR) is 154 cm³/mol. The Morgan fingerprint density at radius 3 is 1.81 bits per heavy atom. The van der Waals surface area contributed by atoms with Gasteiger partial charge in [0.25, 0.3) is 17.7 Å². The standard InChI is InChI=1S/C16H18Br9N3O3/c17-14(18,19)9(29)26-7-13(28-11(31)16(23,24)25)5-8-2-1-3-12(4-8,6-13)27-10(30)15(20,21)22/h8H,1-7H2,(H,26,29)(H,27,30)(H,28,31). The molecule has 0 saturated heterocycles. The van der Waals surface area contributed by atoms with Gasteiger partial charge in [-0.3, -0.25) is 14.4 Å². The molecular formula is C16H18Br9N3O3. The number of amides is 3. The molecule has 2 saturated carbocycles. The summed E-state index contributed by atoms with van der Waals surface area (Å²) in [6.45, 7) is 0.196. The maximum Gasteiger partial charge on any atom is 0.259 e. The molecule has 31 heavy (non-hydrogen) atoms. The molecule has 0 spiro atoms. The quantitative estimate of drug-likeness (QED) is 0.289. The van der Waals surface area contributed by atoms with E-state index in [9.17, 15) is 14.4 Å². The fourth-order valence-corrected chi connectivity index (χ4v) is 5.51. The Hall–Kier alpha value is 2.73. The second kappa shape index (κ2) is 11.0. The molecule has 0 aromatic carbocycles. The van der Waals surface area contributed by atoms with E-state index >= 15 is 0 Å². The van der Waals surface area contributed by atoms with Gasteiger partial charge in [-0.05, 0) is 175 Å². The topological polar surface area (TPSA) is 87.3 Å². The van der Waals surface area contributed by atoms with Crippen LogP contribution in [0.4, 0.5) is 0 Å². The Balaban J connectivity index is 2.37. The second-order valence-corrected chi connectivity index (χ2v) is 28.3. The lowest BCUT2D eigenvalue weighted by molar-refractivity contribution is -0.126. The monoisotopic (exact) mass is 1010 g/mol. The summed E-state index contributed by atoms with van der Waals surface area (Å²) in [5.74, 6) is -0.636. The zero-order valence-corrected chi connectivity index (χ0v) is 29.9. The Kier molecular flexibility index (Phi) is 10.6. The molecule has 3 unspecified atom stereocenters. The average Bonchev–Trinajstić information content (AvgIpc) is 2.56. The highest BCUT2D eigenvalue weighted by molar-refractivity contribution is 9.40. The molecule has 2 bridgehead atoms. The van der Waals surface area contributed by atoms with Crippen molar-refractivity contribution in [2.24, 2.45) is 5.92 Å². The summed E-state index contributed by atoms with van der Waals surface area (Å²) in [5, 5.41) is 9.20. The highest BCUT2D eigenvalue weighted by Gasteiger charge is 2.53. The molecule has 2 fully saturated rings. The molecule has 3 N–H and O–H groups in total. The van der Waals surface area contributed by atoms with Gasteiger partial charge in [-0.1, -0.05) is 12.8 Å². The molecule has 178 valence electrons. The van der Waals surface area contributed by atoms with Gasteiger partial charge >= 0.3 is 0 Å². The maximum absolute atomic E-state index is 12.9. The number of carbonyl (C=O) groups is 3. The van der Waals surface area contributed by atoms with Crippen LogP contribution in [0.15, 0.2) is 0 Å². The normalized spacial score (nSPS) is 29.1. The van der Waals surface area contributed by atoms with Crippen LogP contribution in [0.1, 0.15) is 38.5 Å². The fraction of sp³-hybridized carbons (Fsp3) is 0.812. The van der Waals surface area contributed by atoms with Crippen molar-refractivity contribution in [2.45, 2.75) is 56.0 Å². The first-order valence-electron chi connectivity index (χ1n) is 9.01. The second-order valence-electron chi connectivity index (χ2n) is 7.99. The summed E-state index contributed by atoms with van der Waals surface area (Å²) >= 11 is 29.3. The van der Waals surface area contributed by atoms with Crippen LogP contribution in [0.5, 0.6) is 0 Å². The van der Waals surface area contributed by atoms with Crippen LogP contribution < -0.4 is 16.0 Å². The zero-order valence-electron chi connectivity index (χ0n) is 15.7. The first kappa shape index (κ1) is 30.0. The Morgan fingerprint density at radius 2 is 1.29 bits per heavy atom. The van der Waals surface area contributed by atoms with Crippen molar-refractivity contribution in [2.75, 3.05) is 6.54 Å². The SMILES string of the molecule is O=C(NCC1(NC(=O)C(Br)(Br)Br)CC2CCCC(NC(=O)C(Br)(Br)Br)(C2)C1)C(Br)(Br)Br. The van der Waals surface area contributed by atoms with Crippen LogP contribution in [-0.4, -0.2) is 41.8 Å². The van der Waals surface area contributed by atoms with Crippen molar-refractivity contribution in [1.29, 1.82) is 0 Å². The van der Waals surface area contributed by atoms with E-state index in [4.69, 9.17) is 0 Å². The van der Waals surface area contributed by atoms with Crippen LogP contribution >= 0.6 is 143 Å². The van der Waals surface area contributed by atoms with Crippen molar-refractivity contribution in [3.63, 3.8) is 0 Å². The molecule has 0 radical (unpaired) electrons. The van der Waals surface area contributed by atoms with Gasteiger partial charge in [0.2, 0.25) is 6.43 Å². The molecule has 2 rings (SSSR count). The number of hydrogen-bond donors (Lipinski definition) is 3. The molecule has 0 aromatic heterocycles. The molecule has 15 heteroatoms. The number of nitrogens with one attached hydrogen (secondary N) is 3. The highest BCUT2D eigenvalue weighted by atomic mass is 80.0. The van der Waals surface area contributed by atoms with E-state index in [1.807, 2.05) is 0 Å². The summed E-state index contributed by atoms with van der Waals surface area (Å²) in [6, 6.07) is 0. The summed E-state index contributed by atoms with van der Waals surface area (Å²) in [4.78, 5) is 38.1. The van der Waals surface area contributed by atoms with E-state index in [0.717, 1.165) is 25.7 Å². The minimum absolute atomic E-state index is 0.196. The third-order valence-electron chi connectivity index (χ3n) is 5.42. The molecule has 0 aliphatic heterocycles. The van der Waals surface area contributed by atoms with Crippen molar-refractivity contribution >= 4 is 161 Å². The van der Waals surface area contributed by atoms with Gasteiger partial charge in [0.1, 0.15) is 0 Å². The number of rotatable bonds is 4. The third-order valence-corrected chi connectivity index (χ3v) is 8.66. The molecule has 6 nitrogen and oxygen atoms in total. The Labute approximate surface area is 256 Å². The molecule has 2 aliphatic carbocycles. The van der Waals surface area contributed by atoms with Gasteiger partial charge < -0.3 is 16.0 Å². The van der Waals surface area contributed by atoms with Crippen LogP contribution in [0.3, 0.4) is 0 Å². The minimum atomic E-state index is -1.15. The highest BCUT2D eigenvalue weighted by Crippen LogP contribution is 2.49. The Bertz CT molecular complexity index is 735. The number of carbonyl (C=O) groups excluding carboxylic acids is 3. The van der Waals surface area contributed by atoms with Crippen LogP contribution in [0.25, 0.3) is 0 Å². The summed E-state index contributed by atoms with van der Waals surface area (Å²) in [5.41, 5.74) is -1.28. The van der Waals surface area contributed by atoms with Crippen molar-refractivity contribution in [3.8, 4) is 0 Å². The number of fused-ring (bicyclic) bond motifs is 2. The van der Waals surface area contributed by atoms with Crippen molar-refractivity contribution < 1.29 is 14.4 Å². The summed E-state index contributed by atoms with van der Waals surface area (Å²) in [6.07, 6.45) is 4.72. The van der Waals surface area contributed by atoms with Crippen molar-refractivity contribution in [1.82, 2.24) is 16.0 Å². The van der Waals surface area contributed by atoms with Gasteiger partial charge in [0.15, 0.2) is 0 Å². The van der Waals surface area contributed by atoms with E-state index in [2.05, 4.69) is 159 Å². The molecular weight excluding hydrogens is 1000 g/mol. The van der Waals surface area contributed by atoms with Crippen molar-refractivity contribution in [3.05, 3.63) is 0 Å². The summed E-state index contributed by atoms with van der Waals surface area (Å²) in [7, 11) is 0. The Morgan fingerprint density at radius 1 is 0.774 bits per heavy atom. The first-order valence-corrected chi connectivity index (χ1v) is 16.1. The number of hydrogen-bond acceptors (Lipinski definition) is 3. The molecule has 2 aliphatic rings. The minimum Gasteiger partial charge on any atom is -0.351 e. The van der Waals surface area contributed by atoms with Crippen LogP contribution in [0.2, 0.25) is 0 Å².